The summed E-state index contributed by atoms with van der Waals surface area (Å²) in [6.07, 6.45) is 59.2. The molecular weight excluding hydrogens is 767 g/mol. The van der Waals surface area contributed by atoms with Gasteiger partial charge in [-0.2, -0.15) is 0 Å². The smallest absolute Gasteiger partial charge is 0.306 e. The number of carbonyl (C=O) groups excluding carboxylic acids is 2. The number of nitrogens with one attached hydrogen (secondary N) is 1. The Hall–Kier alpha value is -1.92. The van der Waals surface area contributed by atoms with E-state index in [0.717, 1.165) is 64.2 Å². The van der Waals surface area contributed by atoms with Crippen molar-refractivity contribution in [2.24, 2.45) is 0 Å². The van der Waals surface area contributed by atoms with Crippen LogP contribution in [0.1, 0.15) is 284 Å². The van der Waals surface area contributed by atoms with Crippen LogP contribution in [-0.2, 0) is 14.3 Å². The zero-order valence-electron chi connectivity index (χ0n) is 41.5. The molecule has 0 aliphatic rings. The Labute approximate surface area is 385 Å². The van der Waals surface area contributed by atoms with Gasteiger partial charge in [-0.15, -0.1) is 0 Å². The van der Waals surface area contributed by atoms with Gasteiger partial charge in [-0.3, -0.25) is 9.59 Å². The number of esters is 1. The highest BCUT2D eigenvalue weighted by atomic mass is 16.5. The molecule has 3 unspecified atom stereocenters. The second-order valence-corrected chi connectivity index (χ2v) is 18.7. The second-order valence-electron chi connectivity index (χ2n) is 18.7. The second kappa shape index (κ2) is 50.1. The number of hydrogen-bond acceptors (Lipinski definition) is 5. The highest BCUT2D eigenvalue weighted by Crippen LogP contribution is 2.18. The van der Waals surface area contributed by atoms with E-state index in [-0.39, 0.29) is 24.9 Å². The highest BCUT2D eigenvalue weighted by molar-refractivity contribution is 5.77. The Morgan fingerprint density at radius 2 is 0.839 bits per heavy atom. The fourth-order valence-corrected chi connectivity index (χ4v) is 8.31. The summed E-state index contributed by atoms with van der Waals surface area (Å²) in [5, 5.41) is 23.8. The van der Waals surface area contributed by atoms with Crippen LogP contribution in [0.3, 0.4) is 0 Å². The molecule has 3 N–H and O–H groups in total. The number of aliphatic hydroxyl groups excluding tert-OH is 2. The molecule has 6 nitrogen and oxygen atoms in total. The van der Waals surface area contributed by atoms with Crippen molar-refractivity contribution in [2.75, 3.05) is 6.61 Å². The molecule has 1 amide bonds. The van der Waals surface area contributed by atoms with Crippen molar-refractivity contribution in [1.82, 2.24) is 5.32 Å². The molecule has 0 heterocycles. The predicted molar refractivity (Wildman–Crippen MR) is 269 cm³/mol. The number of aliphatic hydroxyl groups is 2. The molecule has 62 heavy (non-hydrogen) atoms. The van der Waals surface area contributed by atoms with Crippen LogP contribution in [0.5, 0.6) is 0 Å². The molecule has 0 aromatic carbocycles. The van der Waals surface area contributed by atoms with Crippen LogP contribution in [-0.4, -0.2) is 46.9 Å². The van der Waals surface area contributed by atoms with Gasteiger partial charge in [0.15, 0.2) is 0 Å². The summed E-state index contributed by atoms with van der Waals surface area (Å²) in [4.78, 5) is 26.1. The average molecular weight is 872 g/mol. The Bertz CT molecular complexity index is 1020. The molecule has 0 saturated carbocycles. The van der Waals surface area contributed by atoms with Crippen molar-refractivity contribution in [3.63, 3.8) is 0 Å². The van der Waals surface area contributed by atoms with Gasteiger partial charge in [0.2, 0.25) is 5.91 Å². The van der Waals surface area contributed by atoms with Crippen LogP contribution in [0.4, 0.5) is 0 Å². The van der Waals surface area contributed by atoms with Crippen LogP contribution in [0.2, 0.25) is 0 Å². The molecule has 0 fully saturated rings. The summed E-state index contributed by atoms with van der Waals surface area (Å²) >= 11 is 0. The van der Waals surface area contributed by atoms with Crippen molar-refractivity contribution in [1.29, 1.82) is 0 Å². The molecule has 364 valence electrons. The zero-order valence-corrected chi connectivity index (χ0v) is 41.5. The topological polar surface area (TPSA) is 95.9 Å². The molecule has 0 spiro atoms. The van der Waals surface area contributed by atoms with Crippen molar-refractivity contribution in [2.45, 2.75) is 302 Å². The van der Waals surface area contributed by atoms with Gasteiger partial charge in [0.1, 0.15) is 6.10 Å². The summed E-state index contributed by atoms with van der Waals surface area (Å²) in [5.41, 5.74) is 0. The number of rotatable bonds is 49. The monoisotopic (exact) mass is 872 g/mol. The van der Waals surface area contributed by atoms with Crippen LogP contribution in [0.25, 0.3) is 0 Å². The van der Waals surface area contributed by atoms with E-state index in [1.165, 1.54) is 173 Å². The largest absolute Gasteiger partial charge is 0.462 e. The summed E-state index contributed by atoms with van der Waals surface area (Å²) < 4.78 is 5.91. The van der Waals surface area contributed by atoms with Gasteiger partial charge in [-0.25, -0.2) is 0 Å². The molecule has 0 aliphatic heterocycles. The molecule has 6 heteroatoms. The molecule has 0 rings (SSSR count). The maximum atomic E-state index is 13.2. The molecule has 0 radical (unpaired) electrons. The van der Waals surface area contributed by atoms with E-state index in [2.05, 4.69) is 62.5 Å². The Kier molecular flexibility index (Phi) is 48.5. The van der Waals surface area contributed by atoms with E-state index in [4.69, 9.17) is 4.74 Å². The molecular formula is C56H105NO5. The van der Waals surface area contributed by atoms with Gasteiger partial charge in [0, 0.05) is 6.42 Å². The van der Waals surface area contributed by atoms with E-state index >= 15 is 0 Å². The summed E-state index contributed by atoms with van der Waals surface area (Å²) in [6.45, 7) is 6.45. The lowest BCUT2D eigenvalue weighted by Crippen LogP contribution is -2.46. The summed E-state index contributed by atoms with van der Waals surface area (Å²) in [5.74, 6) is -0.508. The van der Waals surface area contributed by atoms with Crippen molar-refractivity contribution in [3.8, 4) is 0 Å². The molecule has 0 bridgehead atoms. The van der Waals surface area contributed by atoms with Crippen molar-refractivity contribution < 1.29 is 24.5 Å². The van der Waals surface area contributed by atoms with Crippen LogP contribution >= 0.6 is 0 Å². The van der Waals surface area contributed by atoms with Crippen LogP contribution in [0.15, 0.2) is 36.5 Å². The Morgan fingerprint density at radius 3 is 1.31 bits per heavy atom. The van der Waals surface area contributed by atoms with E-state index in [9.17, 15) is 19.8 Å². The van der Waals surface area contributed by atoms with Gasteiger partial charge in [-0.1, -0.05) is 237 Å². The van der Waals surface area contributed by atoms with E-state index < -0.39 is 18.2 Å². The van der Waals surface area contributed by atoms with Gasteiger partial charge < -0.3 is 20.3 Å². The molecule has 0 aromatic heterocycles. The first kappa shape index (κ1) is 60.1. The maximum absolute atomic E-state index is 13.2. The van der Waals surface area contributed by atoms with Crippen molar-refractivity contribution >= 4 is 11.9 Å². The first-order valence-electron chi connectivity index (χ1n) is 27.2. The molecule has 0 saturated heterocycles. The third-order valence-corrected chi connectivity index (χ3v) is 12.5. The standard InChI is InChI=1S/C56H105NO5/c1-4-7-10-13-16-19-22-24-26-27-29-30-33-36-39-42-45-48-54(59)53(51-58)57-55(60)50-52(47-44-41-38-35-32-21-18-15-12-9-6-3)62-56(61)49-46-43-40-37-34-31-28-25-23-20-17-14-11-8-5-2/h17,20,23,25,35,38,52-54,58-59H,4-16,18-19,21-22,24,26-34,36-37,39-51H2,1-3H3,(H,57,60)/b20-17+,25-23+,38-35-. The van der Waals surface area contributed by atoms with Gasteiger partial charge in [0.05, 0.1) is 25.2 Å². The lowest BCUT2D eigenvalue weighted by atomic mass is 10.0. The van der Waals surface area contributed by atoms with Crippen molar-refractivity contribution in [3.05, 3.63) is 36.5 Å². The van der Waals surface area contributed by atoms with E-state index in [1.54, 1.807) is 0 Å². The van der Waals surface area contributed by atoms with Crippen LogP contribution in [0, 0.1) is 0 Å². The van der Waals surface area contributed by atoms with Crippen LogP contribution < -0.4 is 5.32 Å². The minimum atomic E-state index is -0.795. The number of ether oxygens (including phenoxy) is 1. The Balaban J connectivity index is 4.50. The van der Waals surface area contributed by atoms with E-state index in [0.29, 0.717) is 19.3 Å². The number of amides is 1. The fourth-order valence-electron chi connectivity index (χ4n) is 8.31. The third-order valence-electron chi connectivity index (χ3n) is 12.5. The first-order chi connectivity index (χ1) is 30.5. The van der Waals surface area contributed by atoms with E-state index in [1.807, 2.05) is 0 Å². The minimum absolute atomic E-state index is 0.0542. The molecule has 0 aliphatic carbocycles. The number of unbranched alkanes of at least 4 members (excludes halogenated alkanes) is 32. The number of allylic oxidation sites excluding steroid dienone is 6. The predicted octanol–water partition coefficient (Wildman–Crippen LogP) is 16.5. The molecule has 0 aromatic rings. The lowest BCUT2D eigenvalue weighted by Gasteiger charge is -2.24. The number of carbonyl (C=O) groups is 2. The third kappa shape index (κ3) is 44.7. The lowest BCUT2D eigenvalue weighted by molar-refractivity contribution is -0.151. The quantitative estimate of drug-likeness (QED) is 0.0245. The maximum Gasteiger partial charge on any atom is 0.306 e. The van der Waals surface area contributed by atoms with Gasteiger partial charge in [-0.05, 0) is 70.6 Å². The van der Waals surface area contributed by atoms with Gasteiger partial charge >= 0.3 is 5.97 Å². The van der Waals surface area contributed by atoms with Gasteiger partial charge in [0.25, 0.3) is 0 Å². The summed E-state index contributed by atoms with van der Waals surface area (Å²) in [7, 11) is 0. The normalized spacial score (nSPS) is 13.4. The summed E-state index contributed by atoms with van der Waals surface area (Å²) in [6, 6.07) is -0.710. The SMILES string of the molecule is CCCCC/C=C/C=C/CCCCCCCCC(=O)OC(CCC/C=C\CCCCCCCC)CC(=O)NC(CO)C(O)CCCCCCCCCCCCCCCCCCC. The fraction of sp³-hybridized carbons (Fsp3) is 0.857. The number of hydrogen-bond donors (Lipinski definition) is 3. The zero-order chi connectivity index (χ0) is 45.2. The highest BCUT2D eigenvalue weighted by Gasteiger charge is 2.24. The minimum Gasteiger partial charge on any atom is -0.462 e. The Morgan fingerprint density at radius 1 is 0.468 bits per heavy atom. The average Bonchev–Trinajstić information content (AvgIpc) is 3.26. The first-order valence-corrected chi connectivity index (χ1v) is 27.2. The molecule has 3 atom stereocenters.